The fraction of sp³-hybridized carbons (Fsp3) is 0.241. The van der Waals surface area contributed by atoms with Crippen LogP contribution in [0.4, 0.5) is 34.1 Å². The van der Waals surface area contributed by atoms with Crippen LogP contribution in [0.5, 0.6) is 0 Å². The lowest BCUT2D eigenvalue weighted by molar-refractivity contribution is 0.667. The van der Waals surface area contributed by atoms with Crippen molar-refractivity contribution in [3.05, 3.63) is 285 Å². The van der Waals surface area contributed by atoms with Gasteiger partial charge in [0.15, 0.2) is 0 Å². The predicted octanol–water partition coefficient (Wildman–Crippen LogP) is 25.6. The molecule has 11 rings (SSSR count). The molecule has 0 spiro atoms. The number of benzene rings is 11. The smallest absolute Gasteiger partial charge is 0.0464 e. The molecule has 448 valence electrons. The maximum Gasteiger partial charge on any atom is 0.0464 e. The first-order chi connectivity index (χ1) is 43.1. The van der Waals surface area contributed by atoms with Crippen molar-refractivity contribution < 1.29 is 0 Å². The highest BCUT2D eigenvalue weighted by Gasteiger charge is 2.22. The van der Waals surface area contributed by atoms with Gasteiger partial charge in [0.1, 0.15) is 0 Å². The molecule has 2 heteroatoms. The minimum absolute atomic E-state index is 1.03. The molecule has 0 aliphatic heterocycles. The Kier molecular flexibility index (Phi) is 19.1. The van der Waals surface area contributed by atoms with Crippen molar-refractivity contribution in [3.8, 4) is 66.8 Å². The molecule has 0 aromatic heterocycles. The van der Waals surface area contributed by atoms with Crippen LogP contribution >= 0.6 is 0 Å². The minimum atomic E-state index is 1.03. The van der Waals surface area contributed by atoms with Crippen LogP contribution in [0.2, 0.25) is 0 Å². The number of hydrogen-bond donors (Lipinski definition) is 0. The highest BCUT2D eigenvalue weighted by molar-refractivity contribution is 5.87. The van der Waals surface area contributed by atoms with E-state index in [2.05, 4.69) is 311 Å². The van der Waals surface area contributed by atoms with Gasteiger partial charge >= 0.3 is 0 Å². The Morgan fingerprint density at radius 3 is 0.820 bits per heavy atom. The van der Waals surface area contributed by atoms with Gasteiger partial charge in [-0.15, -0.1) is 0 Å². The zero-order valence-electron chi connectivity index (χ0n) is 55.0. The second-order valence-corrected chi connectivity index (χ2v) is 25.6. The van der Waals surface area contributed by atoms with Crippen LogP contribution < -0.4 is 9.80 Å². The molecule has 2 nitrogen and oxygen atoms in total. The highest BCUT2D eigenvalue weighted by Crippen LogP contribution is 2.45. The molecule has 11 aromatic carbocycles. The number of nitrogens with zero attached hydrogens (tertiary/aromatic N) is 2. The Morgan fingerprint density at radius 1 is 0.225 bits per heavy atom. The van der Waals surface area contributed by atoms with E-state index >= 15 is 0 Å². The molecule has 0 heterocycles. The van der Waals surface area contributed by atoms with E-state index in [1.807, 2.05) is 0 Å². The zero-order chi connectivity index (χ0) is 62.3. The molecule has 0 unspecified atom stereocenters. The van der Waals surface area contributed by atoms with Crippen molar-refractivity contribution in [2.45, 2.75) is 141 Å². The van der Waals surface area contributed by atoms with Gasteiger partial charge < -0.3 is 9.80 Å². The molecule has 0 fully saturated rings. The first-order valence-corrected chi connectivity index (χ1v) is 32.8. The van der Waals surface area contributed by atoms with Crippen molar-refractivity contribution in [1.82, 2.24) is 0 Å². The molecule has 0 aliphatic rings. The van der Waals surface area contributed by atoms with Crippen LogP contribution in [0, 0.1) is 69.2 Å². The van der Waals surface area contributed by atoms with Crippen LogP contribution in [0.3, 0.4) is 0 Å². The van der Waals surface area contributed by atoms with Crippen LogP contribution in [0.25, 0.3) is 66.8 Å². The summed E-state index contributed by atoms with van der Waals surface area (Å²) in [6.45, 7) is 26.9. The average Bonchev–Trinajstić information content (AvgIpc) is 1.38. The number of rotatable bonds is 21. The van der Waals surface area contributed by atoms with E-state index in [-0.39, 0.29) is 0 Å². The first-order valence-electron chi connectivity index (χ1n) is 32.8. The minimum Gasteiger partial charge on any atom is -0.310 e. The number of unbranched alkanes of at least 4 members (excludes halogenated alkanes) is 5. The summed E-state index contributed by atoms with van der Waals surface area (Å²) in [6.07, 6.45) is 10.4. The van der Waals surface area contributed by atoms with Crippen molar-refractivity contribution in [2.24, 2.45) is 0 Å². The molecule has 0 saturated heterocycles. The van der Waals surface area contributed by atoms with Gasteiger partial charge in [-0.25, -0.2) is 0 Å². The van der Waals surface area contributed by atoms with Crippen LogP contribution in [-0.2, 0) is 12.8 Å². The van der Waals surface area contributed by atoms with Gasteiger partial charge in [0.25, 0.3) is 0 Å². The van der Waals surface area contributed by atoms with E-state index in [9.17, 15) is 0 Å². The summed E-state index contributed by atoms with van der Waals surface area (Å²) >= 11 is 0. The van der Waals surface area contributed by atoms with Gasteiger partial charge in [-0.3, -0.25) is 0 Å². The van der Waals surface area contributed by atoms with Crippen LogP contribution in [-0.4, -0.2) is 0 Å². The molecular weight excluding hydrogens is 1070 g/mol. The van der Waals surface area contributed by atoms with Crippen LogP contribution in [0.15, 0.2) is 218 Å². The normalized spacial score (nSPS) is 11.3. The fourth-order valence-electron chi connectivity index (χ4n) is 13.9. The molecule has 11 aromatic rings. The maximum atomic E-state index is 2.61. The number of anilines is 6. The summed E-state index contributed by atoms with van der Waals surface area (Å²) in [5, 5.41) is 0. The third-order valence-corrected chi connectivity index (χ3v) is 18.4. The summed E-state index contributed by atoms with van der Waals surface area (Å²) < 4.78 is 0. The van der Waals surface area contributed by atoms with E-state index < -0.39 is 0 Å². The molecule has 0 N–H and O–H groups in total. The second-order valence-electron chi connectivity index (χ2n) is 25.6. The number of aryl methyl sites for hydroxylation is 12. The predicted molar refractivity (Wildman–Crippen MR) is 387 cm³/mol. The maximum absolute atomic E-state index is 2.61. The molecule has 0 saturated carbocycles. The largest absolute Gasteiger partial charge is 0.310 e. The summed E-state index contributed by atoms with van der Waals surface area (Å²) in [6, 6.07) is 83.3. The van der Waals surface area contributed by atoms with Crippen molar-refractivity contribution >= 4 is 34.1 Å². The highest BCUT2D eigenvalue weighted by atomic mass is 15.1. The van der Waals surface area contributed by atoms with Gasteiger partial charge in [0.2, 0.25) is 0 Å². The Balaban J connectivity index is 0.991. The van der Waals surface area contributed by atoms with Gasteiger partial charge in [-0.05, 0) is 279 Å². The third-order valence-electron chi connectivity index (χ3n) is 18.4. The molecular formula is C87H90N2. The fourth-order valence-corrected chi connectivity index (χ4v) is 13.9. The van der Waals surface area contributed by atoms with Crippen molar-refractivity contribution in [1.29, 1.82) is 0 Å². The Bertz CT molecular complexity index is 4190. The molecule has 0 atom stereocenters. The van der Waals surface area contributed by atoms with Gasteiger partial charge in [0.05, 0.1) is 0 Å². The quantitative estimate of drug-likeness (QED) is 0.0662. The van der Waals surface area contributed by atoms with Gasteiger partial charge in [-0.1, -0.05) is 214 Å². The molecule has 0 amide bonds. The van der Waals surface area contributed by atoms with E-state index in [4.69, 9.17) is 0 Å². The van der Waals surface area contributed by atoms with Crippen molar-refractivity contribution in [2.75, 3.05) is 9.80 Å². The van der Waals surface area contributed by atoms with Crippen LogP contribution in [0.1, 0.15) is 126 Å². The SMILES string of the molecule is CCCCCCc1cc(-c2ccc(N(c3ccc(-c4ccc(C)cc4)cc3)c3ccc(-c4c(C)cc(C)cc4C)cc3)cc2C)c(CCCCC)cc1-c1ccc(N(c2ccc(-c3ccc(C)cc3)cc2)c2ccc(-c3c(C)cc(C)cc3C)cc2)cc1C. The summed E-state index contributed by atoms with van der Waals surface area (Å²) in [5.41, 5.74) is 38.0. The summed E-state index contributed by atoms with van der Waals surface area (Å²) in [4.78, 5) is 4.88. The lowest BCUT2D eigenvalue weighted by Gasteiger charge is -2.28. The van der Waals surface area contributed by atoms with E-state index in [1.165, 1.54) is 166 Å². The zero-order valence-corrected chi connectivity index (χ0v) is 55.0. The summed E-state index contributed by atoms with van der Waals surface area (Å²) in [5.74, 6) is 0. The first kappa shape index (κ1) is 61.7. The third kappa shape index (κ3) is 13.8. The molecule has 89 heavy (non-hydrogen) atoms. The second kappa shape index (κ2) is 27.6. The molecule has 0 aliphatic carbocycles. The Morgan fingerprint density at radius 2 is 0.506 bits per heavy atom. The molecule has 0 radical (unpaired) electrons. The van der Waals surface area contributed by atoms with E-state index in [0.29, 0.717) is 0 Å². The van der Waals surface area contributed by atoms with Crippen molar-refractivity contribution in [3.63, 3.8) is 0 Å². The van der Waals surface area contributed by atoms with Gasteiger partial charge in [-0.2, -0.15) is 0 Å². The monoisotopic (exact) mass is 1160 g/mol. The molecule has 0 bridgehead atoms. The Hall–Kier alpha value is -8.98. The lowest BCUT2D eigenvalue weighted by atomic mass is 9.84. The van der Waals surface area contributed by atoms with Gasteiger partial charge in [0, 0.05) is 34.1 Å². The van der Waals surface area contributed by atoms with E-state index in [0.717, 1.165) is 59.8 Å². The standard InChI is InChI=1S/C87H90N2/c1-13-15-17-19-21-75-57-84(82-48-46-80(54-62(82)7)88(76-38-30-70(31-39-76)68-26-22-58(3)23-27-68)78-42-34-72(35-43-78)86-64(9)50-60(5)51-65(86)10)74(20-18-16-14-2)56-85(75)83-49-47-81(55-63(83)8)89(77-40-32-71(33-41-77)69-28-24-59(4)25-29-69)79-44-36-73(37-45-79)87-66(11)52-61(6)53-67(87)12/h22-57H,13-21H2,1-12H3. The Labute approximate surface area is 533 Å². The number of hydrogen-bond acceptors (Lipinski definition) is 2. The average molecular weight is 1160 g/mol. The summed E-state index contributed by atoms with van der Waals surface area (Å²) in [7, 11) is 0. The van der Waals surface area contributed by atoms with E-state index in [1.54, 1.807) is 0 Å². The topological polar surface area (TPSA) is 6.48 Å². The lowest BCUT2D eigenvalue weighted by Crippen LogP contribution is -2.10.